The van der Waals surface area contributed by atoms with E-state index in [4.69, 9.17) is 137 Å². The molecule has 139 heavy (non-hydrogen) atoms. The summed E-state index contributed by atoms with van der Waals surface area (Å²) in [5.74, 6) is -22.8. The number of carboxylic acids is 1. The summed E-state index contributed by atoms with van der Waals surface area (Å²) in [6.45, 7) is 8.16. The van der Waals surface area contributed by atoms with Crippen LogP contribution in [-0.2, 0) is 56.9 Å². The number of esters is 4. The van der Waals surface area contributed by atoms with Crippen molar-refractivity contribution in [2.45, 2.75) is 88.4 Å². The summed E-state index contributed by atoms with van der Waals surface area (Å²) >= 11 is 44.5. The number of amidine groups is 4. The number of ether oxygens (including phenoxy) is 4. The van der Waals surface area contributed by atoms with Crippen LogP contribution in [0.25, 0.3) is 0 Å². The molecule has 8 aromatic carbocycles. The van der Waals surface area contributed by atoms with E-state index in [0.717, 1.165) is 49.4 Å². The van der Waals surface area contributed by atoms with Crippen molar-refractivity contribution in [2.24, 2.45) is 20.7 Å². The number of hydrogen-bond acceptors (Lipinski definition) is 22. The van der Waals surface area contributed by atoms with Crippen molar-refractivity contribution in [3.8, 4) is 0 Å². The monoisotopic (exact) mass is 2200 g/mol. The van der Waals surface area contributed by atoms with Gasteiger partial charge < -0.3 is 60.1 Å². The fourth-order valence-corrected chi connectivity index (χ4v) is 12.2. The molecule has 11 rings (SSSR count). The topological polar surface area (TPSA) is 382 Å². The van der Waals surface area contributed by atoms with Gasteiger partial charge in [-0.3, -0.25) is 40.5 Å². The SMILES string of the molecule is C.C.C.CC(=O)[O-].CCO.CCOC(=O)C1=C(CCl)NC(c2c(F)cc(F)cc2F)=NC1c1ccc(F)cc1Cl.CCOC(=O)C1=C(CO)NC(c2c(F)cc(F)cc2F)=NC1c1ccc(F)cc1Cl.CCOC(=O)C1=C(CO)NC(c2c(F)cc(F)cc2F)=NC1c1ccc(F)cc1Cl.CCOC(=O)CC(=O)CCl.ClCCl.NC(=[NH2+])c1c(F)cc(F)cc1F.O=Cc1ccc(F)cc1Cl.O=S(Cl)Cl. The number of aliphatic hydroxyl groups excluding tert-OH is 3. The van der Waals surface area contributed by atoms with E-state index < -0.39 is 203 Å². The quantitative estimate of drug-likeness (QED) is 0.00381. The molecule has 24 nitrogen and oxygen atoms in total. The van der Waals surface area contributed by atoms with Gasteiger partial charge in [-0.15, -0.1) is 46.4 Å². The van der Waals surface area contributed by atoms with Gasteiger partial charge in [0.25, 0.3) is 5.84 Å². The molecule has 0 spiro atoms. The van der Waals surface area contributed by atoms with Crippen molar-refractivity contribution in [3.05, 3.63) is 313 Å². The number of aliphatic imine (C=N–C) groups is 3. The number of benzene rings is 8. The average molecular weight is 2200 g/mol. The number of aldehydes is 1. The van der Waals surface area contributed by atoms with Crippen molar-refractivity contribution >= 4 is 189 Å². The fourth-order valence-electron chi connectivity index (χ4n) is 10.9. The Labute approximate surface area is 837 Å². The number of Topliss-reactive ketones (excluding diaryl/α,β-unsaturated/α-hetero) is 1. The second-order valence-electron chi connectivity index (χ2n) is 25.3. The standard InChI is InChI=1S/C20H14Cl2F4N2O2.2C20H15ClF4N2O3.C7H4ClFO.C7H5F3N2.C6H9ClO3.C2H4O2.C2H6O.CH2Cl2.3CH4.Cl2OS/c1-2-30-20(29)17-15(8-21)27-19(16-13(25)6-10(24)7-14(16)26)28-18(17)11-4-3-9(23)5-12(11)22;2*1-2-30-20(29)17-15(8-28)26-19(16-13(24)6-10(23)7-14(16)25)27-18(17)11-4-3-9(22)5-12(11)21;8-7-3-6(9)2-1-5(7)4-10;8-3-1-4(9)6(7(11)12)5(10)2-3;1-2-10-6(9)3-5(8)4-7;1-2(3)4;1-2-3;2-1-3;;;;1-4(2)3/h3-7,18H,2,8H2,1H3,(H,27,28);2*3-7,18,28H,2,8H2,1H3,(H,26,27);1-4H;1-2H,(H3,11,12);2-4H2,1H3;1H3,(H,3,4);3H,2H2,1H3;1H2;3*1H4;. The number of nitrogens with two attached hydrogens (primary N) is 2. The van der Waals surface area contributed by atoms with Crippen LogP contribution in [0.3, 0.4) is 0 Å². The van der Waals surface area contributed by atoms with Crippen LogP contribution in [0.1, 0.15) is 138 Å². The molecule has 3 aliphatic rings. The average Bonchev–Trinajstić information content (AvgIpc) is 0.772. The van der Waals surface area contributed by atoms with Crippen molar-refractivity contribution in [2.75, 3.05) is 63.3 Å². The van der Waals surface area contributed by atoms with Crippen LogP contribution in [-0.4, -0.2) is 148 Å². The van der Waals surface area contributed by atoms with Gasteiger partial charge in [-0.1, -0.05) is 86.9 Å². The molecule has 0 fully saturated rings. The molecular formula is C88H86Cl10F16N8O16S. The Morgan fingerprint density at radius 1 is 0.446 bits per heavy atom. The van der Waals surface area contributed by atoms with Gasteiger partial charge in [0.15, 0.2) is 12.1 Å². The third-order valence-corrected chi connectivity index (χ3v) is 17.9. The molecule has 3 aliphatic heterocycles. The van der Waals surface area contributed by atoms with Gasteiger partial charge >= 0.3 is 23.9 Å². The maximum Gasteiger partial charge on any atom is 0.338 e. The maximum absolute atomic E-state index is 14.3. The van der Waals surface area contributed by atoms with Crippen molar-refractivity contribution in [1.29, 1.82) is 0 Å². The van der Waals surface area contributed by atoms with Crippen LogP contribution >= 0.6 is 114 Å². The summed E-state index contributed by atoms with van der Waals surface area (Å²) < 4.78 is 245. The second kappa shape index (κ2) is 66.1. The van der Waals surface area contributed by atoms with Crippen molar-refractivity contribution in [3.63, 3.8) is 0 Å². The van der Waals surface area contributed by atoms with E-state index in [1.165, 1.54) is 30.3 Å². The number of carbonyl (C=O) groups excluding carboxylic acids is 7. The number of aliphatic hydroxyl groups is 3. The molecule has 762 valence electrons. The van der Waals surface area contributed by atoms with E-state index in [1.54, 1.807) is 34.6 Å². The Morgan fingerprint density at radius 2 is 0.691 bits per heavy atom. The number of carboxylic acid groups (broad SMARTS) is 1. The summed E-state index contributed by atoms with van der Waals surface area (Å²) in [4.78, 5) is 90.2. The number of ketones is 1. The molecule has 0 radical (unpaired) electrons. The highest BCUT2D eigenvalue weighted by atomic mass is 36.0. The van der Waals surface area contributed by atoms with Gasteiger partial charge in [0, 0.05) is 125 Å². The minimum Gasteiger partial charge on any atom is -0.550 e. The predicted octanol–water partition coefficient (Wildman–Crippen LogP) is 18.4. The summed E-state index contributed by atoms with van der Waals surface area (Å²) in [7, 11) is 7.36. The molecular weight excluding hydrogens is 2120 g/mol. The summed E-state index contributed by atoms with van der Waals surface area (Å²) in [6, 6.07) is 13.7. The number of hydrogen-bond donors (Lipinski definition) is 8. The molecule has 0 aromatic heterocycles. The predicted molar refractivity (Wildman–Crippen MR) is 497 cm³/mol. The molecule has 3 unspecified atom stereocenters. The van der Waals surface area contributed by atoms with Crippen LogP contribution in [0.2, 0.25) is 20.1 Å². The highest BCUT2D eigenvalue weighted by Gasteiger charge is 2.39. The van der Waals surface area contributed by atoms with Gasteiger partial charge in [0.2, 0.25) is 9.23 Å². The van der Waals surface area contributed by atoms with E-state index in [2.05, 4.69) is 57.0 Å². The largest absolute Gasteiger partial charge is 0.550 e. The highest BCUT2D eigenvalue weighted by Crippen LogP contribution is 2.41. The lowest BCUT2D eigenvalue weighted by molar-refractivity contribution is -0.302. The maximum atomic E-state index is 14.3. The molecule has 10 N–H and O–H groups in total. The number of nitrogens with one attached hydrogen (secondary N) is 3. The van der Waals surface area contributed by atoms with Gasteiger partial charge in [0.05, 0.1) is 107 Å². The van der Waals surface area contributed by atoms with E-state index in [9.17, 15) is 109 Å². The van der Waals surface area contributed by atoms with Crippen LogP contribution in [0.5, 0.6) is 0 Å². The number of allylic oxidation sites excluding steroid dienone is 1. The van der Waals surface area contributed by atoms with Crippen molar-refractivity contribution < 1.29 is 153 Å². The van der Waals surface area contributed by atoms with E-state index in [-0.39, 0.29) is 154 Å². The minimum absolute atomic E-state index is 0. The second-order valence-corrected chi connectivity index (χ2v) is 30.8. The zero-order valence-corrected chi connectivity index (χ0v) is 78.9. The zero-order valence-electron chi connectivity index (χ0n) is 70.5. The Kier molecular flexibility index (Phi) is 62.0. The number of alkyl halides is 4. The number of rotatable bonds is 21. The third kappa shape index (κ3) is 41.6. The lowest BCUT2D eigenvalue weighted by Crippen LogP contribution is -2.47. The molecule has 0 bridgehead atoms. The number of aliphatic carboxylic acids is 1. The van der Waals surface area contributed by atoms with E-state index in [1.807, 2.05) is 0 Å². The molecule has 0 amide bonds. The van der Waals surface area contributed by atoms with Gasteiger partial charge in [0.1, 0.15) is 141 Å². The fraction of sp³-hybridized carbons (Fsp3) is 0.261. The lowest BCUT2D eigenvalue weighted by atomic mass is 9.95. The number of carbonyl (C=O) groups is 7. The van der Waals surface area contributed by atoms with E-state index in [0.29, 0.717) is 67.0 Å². The third-order valence-electron chi connectivity index (χ3n) is 16.0. The van der Waals surface area contributed by atoms with Crippen LogP contribution in [0.4, 0.5) is 70.2 Å². The zero-order chi connectivity index (χ0) is 103. The smallest absolute Gasteiger partial charge is 0.338 e. The van der Waals surface area contributed by atoms with Gasteiger partial charge in [-0.2, -0.15) is 0 Å². The molecule has 0 aliphatic carbocycles. The summed E-state index contributed by atoms with van der Waals surface area (Å²) in [6.07, 6.45) is 0.374. The van der Waals surface area contributed by atoms with Gasteiger partial charge in [-0.05, 0) is 96.1 Å². The molecule has 51 heteroatoms. The molecule has 3 atom stereocenters. The Balaban J connectivity index is 0. The van der Waals surface area contributed by atoms with E-state index >= 15 is 0 Å². The molecule has 0 saturated carbocycles. The normalized spacial score (nSPS) is 13.4. The Hall–Kier alpha value is -10.6. The molecule has 3 heterocycles. The van der Waals surface area contributed by atoms with Crippen molar-refractivity contribution in [1.82, 2.24) is 16.0 Å². The minimum atomic E-state index is -1.67. The Bertz CT molecular complexity index is 5310. The highest BCUT2D eigenvalue weighted by molar-refractivity contribution is 8.26. The Morgan fingerprint density at radius 3 is 0.914 bits per heavy atom. The molecule has 0 saturated heterocycles. The first-order valence-corrected chi connectivity index (χ1v) is 44.1. The first kappa shape index (κ1) is 130. The molecule has 8 aromatic rings. The number of nitrogens with zero attached hydrogens (tertiary/aromatic N) is 3. The van der Waals surface area contributed by atoms with Crippen LogP contribution in [0, 0.1) is 93.1 Å². The van der Waals surface area contributed by atoms with Crippen LogP contribution in [0.15, 0.2) is 170 Å². The summed E-state index contributed by atoms with van der Waals surface area (Å²) in [5.41, 5.74) is 2.47. The van der Waals surface area contributed by atoms with Crippen LogP contribution < -0.4 is 32.2 Å². The first-order valence-electron chi connectivity index (χ1n) is 37.7. The lowest BCUT2D eigenvalue weighted by Gasteiger charge is -2.27. The first-order chi connectivity index (χ1) is 64.0. The number of halogens is 26. The summed E-state index contributed by atoms with van der Waals surface area (Å²) in [5, 5.41) is 48.7. The van der Waals surface area contributed by atoms with Gasteiger partial charge in [-0.25, -0.2) is 88.8 Å².